The molecule has 0 radical (unpaired) electrons. The molecule has 1 fully saturated rings. The van der Waals surface area contributed by atoms with Crippen LogP contribution in [0.2, 0.25) is 5.02 Å². The van der Waals surface area contributed by atoms with Crippen molar-refractivity contribution in [3.05, 3.63) is 58.6 Å². The van der Waals surface area contributed by atoms with Gasteiger partial charge in [-0.3, -0.25) is 9.59 Å². The predicted molar refractivity (Wildman–Crippen MR) is 149 cm³/mol. The first kappa shape index (κ1) is 31.5. The number of methoxy groups -OCH3 is 1. The fraction of sp³-hybridized carbons (Fsp3) is 0.517. The first-order chi connectivity index (χ1) is 18.8. The van der Waals surface area contributed by atoms with Gasteiger partial charge in [-0.15, -0.1) is 0 Å². The molecule has 40 heavy (non-hydrogen) atoms. The molecule has 1 saturated heterocycles. The summed E-state index contributed by atoms with van der Waals surface area (Å²) in [5, 5.41) is 13.9. The van der Waals surface area contributed by atoms with Gasteiger partial charge in [0.05, 0.1) is 17.7 Å². The molecule has 0 bridgehead atoms. The van der Waals surface area contributed by atoms with Crippen molar-refractivity contribution in [1.82, 2.24) is 10.2 Å². The van der Waals surface area contributed by atoms with Crippen molar-refractivity contribution >= 4 is 29.1 Å². The van der Waals surface area contributed by atoms with Gasteiger partial charge in [-0.2, -0.15) is 13.2 Å². The molecule has 1 aliphatic heterocycles. The molecule has 0 aromatic heterocycles. The highest BCUT2D eigenvalue weighted by Gasteiger charge is 2.61. The van der Waals surface area contributed by atoms with Gasteiger partial charge < -0.3 is 25.0 Å². The fourth-order valence-corrected chi connectivity index (χ4v) is 5.22. The molecule has 2 aromatic carbocycles. The Labute approximate surface area is 238 Å². The van der Waals surface area contributed by atoms with Crippen LogP contribution in [0.1, 0.15) is 55.5 Å². The highest BCUT2D eigenvalue weighted by Crippen LogP contribution is 2.41. The van der Waals surface area contributed by atoms with Crippen molar-refractivity contribution in [3.8, 4) is 5.75 Å². The number of halogens is 4. The van der Waals surface area contributed by atoms with Gasteiger partial charge in [0.1, 0.15) is 5.75 Å². The molecular weight excluding hydrogens is 547 g/mol. The minimum Gasteiger partial charge on any atom is -0.497 e. The lowest BCUT2D eigenvalue weighted by atomic mass is 9.90. The summed E-state index contributed by atoms with van der Waals surface area (Å²) in [7, 11) is 2.57. The lowest BCUT2D eigenvalue weighted by Crippen LogP contribution is -2.55. The van der Waals surface area contributed by atoms with E-state index in [9.17, 15) is 27.9 Å². The number of likely N-dealkylation sites (N-methyl/N-ethyl adjacent to an activating group) is 1. The minimum absolute atomic E-state index is 0.00368. The largest absolute Gasteiger partial charge is 0.497 e. The summed E-state index contributed by atoms with van der Waals surface area (Å²) in [6.45, 7) is 5.39. The number of aliphatic hydroxyl groups is 1. The maximum Gasteiger partial charge on any atom is 0.430 e. The van der Waals surface area contributed by atoms with E-state index in [2.05, 4.69) is 10.2 Å². The zero-order valence-electron chi connectivity index (χ0n) is 23.2. The van der Waals surface area contributed by atoms with E-state index in [0.717, 1.165) is 55.1 Å². The number of nitrogens with zero attached hydrogens (tertiary/aromatic N) is 2. The van der Waals surface area contributed by atoms with Crippen LogP contribution >= 0.6 is 11.6 Å². The molecular formula is C29H37ClF3N3O4. The van der Waals surface area contributed by atoms with Crippen LogP contribution in [0.3, 0.4) is 0 Å². The molecule has 2 amide bonds. The third-order valence-electron chi connectivity index (χ3n) is 7.26. The second-order valence-electron chi connectivity index (χ2n) is 10.5. The summed E-state index contributed by atoms with van der Waals surface area (Å²) < 4.78 is 46.9. The predicted octanol–water partition coefficient (Wildman–Crippen LogP) is 5.39. The number of hydrogen-bond acceptors (Lipinski definition) is 5. The molecule has 1 unspecified atom stereocenters. The van der Waals surface area contributed by atoms with Gasteiger partial charge >= 0.3 is 6.18 Å². The number of ether oxygens (including phenoxy) is 1. The lowest BCUT2D eigenvalue weighted by molar-refractivity contribution is -0.261. The molecule has 1 aliphatic rings. The van der Waals surface area contributed by atoms with Gasteiger partial charge in [-0.25, -0.2) is 0 Å². The van der Waals surface area contributed by atoms with Crippen LogP contribution in [0.4, 0.5) is 18.9 Å². The topological polar surface area (TPSA) is 82.1 Å². The number of piperidine rings is 1. The van der Waals surface area contributed by atoms with Gasteiger partial charge in [0.25, 0.3) is 17.4 Å². The number of rotatable bonds is 10. The highest BCUT2D eigenvalue weighted by atomic mass is 35.5. The van der Waals surface area contributed by atoms with Crippen molar-refractivity contribution in [2.45, 2.75) is 57.3 Å². The Morgan fingerprint density at radius 2 is 1.85 bits per heavy atom. The molecule has 220 valence electrons. The second-order valence-corrected chi connectivity index (χ2v) is 10.9. The van der Waals surface area contributed by atoms with Crippen LogP contribution < -0.4 is 15.0 Å². The van der Waals surface area contributed by atoms with Crippen molar-refractivity contribution in [1.29, 1.82) is 0 Å². The summed E-state index contributed by atoms with van der Waals surface area (Å²) in [5.74, 6) is -1.18. The van der Waals surface area contributed by atoms with Crippen LogP contribution in [0.5, 0.6) is 5.75 Å². The molecule has 3 rings (SSSR count). The van der Waals surface area contributed by atoms with Crippen LogP contribution in [-0.2, 0) is 10.4 Å². The van der Waals surface area contributed by atoms with E-state index < -0.39 is 23.2 Å². The Balaban J connectivity index is 1.54. The third kappa shape index (κ3) is 7.20. The number of amides is 2. The lowest BCUT2D eigenvalue weighted by Gasteiger charge is -2.35. The first-order valence-electron chi connectivity index (χ1n) is 13.3. The number of carbonyl (C=O) groups excluding carboxylic acids is 2. The third-order valence-corrected chi connectivity index (χ3v) is 7.57. The summed E-state index contributed by atoms with van der Waals surface area (Å²) in [4.78, 5) is 28.3. The number of anilines is 1. The molecule has 1 atom stereocenters. The van der Waals surface area contributed by atoms with Crippen LogP contribution in [0, 0.1) is 5.92 Å². The van der Waals surface area contributed by atoms with E-state index in [1.54, 1.807) is 12.1 Å². The van der Waals surface area contributed by atoms with E-state index >= 15 is 0 Å². The second kappa shape index (κ2) is 13.1. The minimum atomic E-state index is -5.21. The number of nitrogens with one attached hydrogen (secondary N) is 1. The SMILES string of the molecule is COc1cccc(C(O)(C(=O)N(C)CCCC2CCN(c3ccc(C(=O)NC(C)C)c(Cl)c3)CC2)C(F)(F)F)c1. The summed E-state index contributed by atoms with van der Waals surface area (Å²) in [5.41, 5.74) is -2.90. The van der Waals surface area contributed by atoms with E-state index in [0.29, 0.717) is 22.9 Å². The summed E-state index contributed by atoms with van der Waals surface area (Å²) in [6, 6.07) is 10.2. The molecule has 0 saturated carbocycles. The van der Waals surface area contributed by atoms with Crippen molar-refractivity contribution < 1.29 is 32.6 Å². The standard InChI is InChI=1S/C29H37ClF3N3O4/c1-19(2)34-26(37)24-11-10-22(18-25(24)30)36-15-12-20(13-16-36)7-6-14-35(3)27(38)28(39,29(31,32)33)21-8-5-9-23(17-21)40-4/h5,8-11,17-20,39H,6-7,12-16H2,1-4H3,(H,34,37). The molecule has 0 spiro atoms. The quantitative estimate of drug-likeness (QED) is 0.392. The first-order valence-corrected chi connectivity index (χ1v) is 13.7. The monoisotopic (exact) mass is 583 g/mol. The number of alkyl halides is 3. The summed E-state index contributed by atoms with van der Waals surface area (Å²) >= 11 is 6.38. The molecule has 7 nitrogen and oxygen atoms in total. The average molecular weight is 584 g/mol. The Morgan fingerprint density at radius 1 is 1.18 bits per heavy atom. The van der Waals surface area contributed by atoms with Gasteiger partial charge in [-0.1, -0.05) is 23.7 Å². The molecule has 2 N–H and O–H groups in total. The Bertz CT molecular complexity index is 1190. The fourth-order valence-electron chi connectivity index (χ4n) is 4.96. The van der Waals surface area contributed by atoms with Crippen molar-refractivity contribution in [2.75, 3.05) is 38.7 Å². The van der Waals surface area contributed by atoms with Crippen molar-refractivity contribution in [2.24, 2.45) is 5.92 Å². The molecule has 1 heterocycles. The summed E-state index contributed by atoms with van der Waals surface area (Å²) in [6.07, 6.45) is -2.21. The molecule has 2 aromatic rings. The molecule has 0 aliphatic carbocycles. The van der Waals surface area contributed by atoms with Crippen LogP contribution in [0.15, 0.2) is 42.5 Å². The zero-order chi connectivity index (χ0) is 29.7. The van der Waals surface area contributed by atoms with Gasteiger partial charge in [-0.05, 0) is 75.8 Å². The molecule has 11 heteroatoms. The van der Waals surface area contributed by atoms with E-state index in [-0.39, 0.29) is 24.2 Å². The van der Waals surface area contributed by atoms with Gasteiger partial charge in [0.15, 0.2) is 0 Å². The normalized spacial score (nSPS) is 16.0. The Hall–Kier alpha value is -2.98. The van der Waals surface area contributed by atoms with Gasteiger partial charge in [0.2, 0.25) is 0 Å². The smallest absolute Gasteiger partial charge is 0.430 e. The average Bonchev–Trinajstić information content (AvgIpc) is 2.91. The Kier molecular flexibility index (Phi) is 10.3. The number of hydrogen-bond donors (Lipinski definition) is 2. The maximum atomic E-state index is 14.0. The zero-order valence-corrected chi connectivity index (χ0v) is 24.0. The van der Waals surface area contributed by atoms with Gasteiger partial charge in [0, 0.05) is 44.0 Å². The van der Waals surface area contributed by atoms with E-state index in [4.69, 9.17) is 16.3 Å². The van der Waals surface area contributed by atoms with Crippen LogP contribution in [-0.4, -0.2) is 67.8 Å². The highest BCUT2D eigenvalue weighted by molar-refractivity contribution is 6.34. The van der Waals surface area contributed by atoms with E-state index in [1.807, 2.05) is 19.9 Å². The maximum absolute atomic E-state index is 14.0. The number of benzene rings is 2. The number of carbonyl (C=O) groups is 2. The van der Waals surface area contributed by atoms with Crippen molar-refractivity contribution in [3.63, 3.8) is 0 Å². The Morgan fingerprint density at radius 3 is 2.42 bits per heavy atom. The van der Waals surface area contributed by atoms with Crippen LogP contribution in [0.25, 0.3) is 0 Å². The van der Waals surface area contributed by atoms with E-state index in [1.165, 1.54) is 26.3 Å².